The zero-order valence-corrected chi connectivity index (χ0v) is 13.3. The summed E-state index contributed by atoms with van der Waals surface area (Å²) in [5.74, 6) is 1.47. The van der Waals surface area contributed by atoms with E-state index in [-0.39, 0.29) is 11.9 Å². The number of aromatic amines is 1. The minimum absolute atomic E-state index is 0.0243. The molecular weight excluding hydrogens is 298 g/mol. The maximum atomic E-state index is 12.2. The van der Waals surface area contributed by atoms with Crippen LogP contribution < -0.4 is 5.32 Å². The number of amides is 1. The Hall–Kier alpha value is -2.19. The summed E-state index contributed by atoms with van der Waals surface area (Å²) >= 11 is 0. The van der Waals surface area contributed by atoms with Crippen molar-refractivity contribution < 1.29 is 13.9 Å². The van der Waals surface area contributed by atoms with Crippen LogP contribution in [-0.2, 0) is 4.74 Å². The summed E-state index contributed by atoms with van der Waals surface area (Å²) in [7, 11) is 0. The number of carbonyl (C=O) groups excluding carboxylic acids is 1. The molecular formula is C15H21N5O3. The molecule has 0 radical (unpaired) electrons. The zero-order valence-electron chi connectivity index (χ0n) is 13.3. The number of nitrogens with one attached hydrogen (secondary N) is 2. The van der Waals surface area contributed by atoms with E-state index in [0.29, 0.717) is 31.1 Å². The molecule has 0 aliphatic carbocycles. The number of aromatic nitrogens is 3. The molecule has 0 aromatic carbocycles. The van der Waals surface area contributed by atoms with Crippen molar-refractivity contribution in [3.05, 3.63) is 35.0 Å². The van der Waals surface area contributed by atoms with Gasteiger partial charge in [0.2, 0.25) is 0 Å². The molecule has 1 amide bonds. The molecule has 1 saturated heterocycles. The number of morpholine rings is 1. The van der Waals surface area contributed by atoms with Gasteiger partial charge in [-0.25, -0.2) is 0 Å². The van der Waals surface area contributed by atoms with Gasteiger partial charge in [-0.05, 0) is 26.0 Å². The number of H-pyrrole nitrogens is 1. The third-order valence-corrected chi connectivity index (χ3v) is 3.97. The Labute approximate surface area is 134 Å². The second kappa shape index (κ2) is 6.93. The molecule has 1 fully saturated rings. The van der Waals surface area contributed by atoms with Gasteiger partial charge in [0.05, 0.1) is 24.9 Å². The summed E-state index contributed by atoms with van der Waals surface area (Å²) in [4.78, 5) is 14.5. The molecule has 1 atom stereocenters. The van der Waals surface area contributed by atoms with Gasteiger partial charge in [-0.3, -0.25) is 9.69 Å². The number of carbonyl (C=O) groups is 1. The Morgan fingerprint density at radius 3 is 2.74 bits per heavy atom. The molecule has 2 N–H and O–H groups in total. The first-order valence-corrected chi connectivity index (χ1v) is 7.69. The summed E-state index contributed by atoms with van der Waals surface area (Å²) < 4.78 is 11.2. The molecule has 23 heavy (non-hydrogen) atoms. The van der Waals surface area contributed by atoms with Gasteiger partial charge in [-0.1, -0.05) is 0 Å². The molecule has 2 aromatic heterocycles. The first kappa shape index (κ1) is 15.7. The van der Waals surface area contributed by atoms with Crippen LogP contribution >= 0.6 is 0 Å². The van der Waals surface area contributed by atoms with Crippen molar-refractivity contribution in [3.63, 3.8) is 0 Å². The van der Waals surface area contributed by atoms with Crippen LogP contribution in [0.25, 0.3) is 0 Å². The second-order valence-electron chi connectivity index (χ2n) is 5.58. The molecule has 3 heterocycles. The number of hydrogen-bond acceptors (Lipinski definition) is 6. The molecule has 2 aromatic rings. The maximum absolute atomic E-state index is 12.2. The Kier molecular flexibility index (Phi) is 4.73. The van der Waals surface area contributed by atoms with Gasteiger partial charge in [0, 0.05) is 19.6 Å². The fourth-order valence-electron chi connectivity index (χ4n) is 2.70. The first-order chi connectivity index (χ1) is 11.1. The van der Waals surface area contributed by atoms with E-state index in [2.05, 4.69) is 25.6 Å². The third kappa shape index (κ3) is 3.59. The van der Waals surface area contributed by atoms with Gasteiger partial charge in [0.15, 0.2) is 5.69 Å². The van der Waals surface area contributed by atoms with Crippen LogP contribution in [0.3, 0.4) is 0 Å². The molecule has 3 rings (SSSR count). The van der Waals surface area contributed by atoms with Gasteiger partial charge < -0.3 is 14.5 Å². The van der Waals surface area contributed by atoms with Crippen LogP contribution in [0.4, 0.5) is 0 Å². The van der Waals surface area contributed by atoms with Crippen molar-refractivity contribution in [1.29, 1.82) is 0 Å². The van der Waals surface area contributed by atoms with E-state index >= 15 is 0 Å². The van der Waals surface area contributed by atoms with Gasteiger partial charge >= 0.3 is 0 Å². The molecule has 1 unspecified atom stereocenters. The van der Waals surface area contributed by atoms with Gasteiger partial charge in [-0.15, -0.1) is 0 Å². The lowest BCUT2D eigenvalue weighted by Crippen LogP contribution is -2.43. The van der Waals surface area contributed by atoms with Crippen LogP contribution in [0.5, 0.6) is 0 Å². The molecule has 124 valence electrons. The number of furan rings is 1. The normalized spacial score (nSPS) is 17.1. The van der Waals surface area contributed by atoms with Crippen LogP contribution in [0.15, 0.2) is 16.5 Å². The molecule has 0 saturated carbocycles. The van der Waals surface area contributed by atoms with E-state index in [0.717, 1.165) is 24.6 Å². The van der Waals surface area contributed by atoms with E-state index in [9.17, 15) is 4.79 Å². The average molecular weight is 319 g/mol. The monoisotopic (exact) mass is 319 g/mol. The number of hydrogen-bond donors (Lipinski definition) is 2. The smallest absolute Gasteiger partial charge is 0.273 e. The van der Waals surface area contributed by atoms with Crippen molar-refractivity contribution in [2.24, 2.45) is 0 Å². The largest absolute Gasteiger partial charge is 0.465 e. The molecule has 1 aliphatic heterocycles. The van der Waals surface area contributed by atoms with Gasteiger partial charge in [0.1, 0.15) is 11.5 Å². The van der Waals surface area contributed by atoms with Gasteiger partial charge in [-0.2, -0.15) is 15.4 Å². The zero-order chi connectivity index (χ0) is 16.2. The molecule has 0 spiro atoms. The Morgan fingerprint density at radius 1 is 1.35 bits per heavy atom. The average Bonchev–Trinajstić information content (AvgIpc) is 3.17. The summed E-state index contributed by atoms with van der Waals surface area (Å²) in [5, 5.41) is 13.1. The van der Waals surface area contributed by atoms with Crippen molar-refractivity contribution in [2.75, 3.05) is 32.8 Å². The third-order valence-electron chi connectivity index (χ3n) is 3.97. The predicted octanol–water partition coefficient (Wildman–Crippen LogP) is 0.818. The fraction of sp³-hybridized carbons (Fsp3) is 0.533. The maximum Gasteiger partial charge on any atom is 0.273 e. The van der Waals surface area contributed by atoms with Crippen molar-refractivity contribution in [1.82, 2.24) is 25.6 Å². The lowest BCUT2D eigenvalue weighted by Gasteiger charge is -2.33. The van der Waals surface area contributed by atoms with Crippen LogP contribution in [0, 0.1) is 13.8 Å². The standard InChI is InChI=1S/C15H21N5O3/c1-10-3-4-13(23-10)12(20-5-7-22-8-6-20)9-16-15(21)14-11(2)17-19-18-14/h3-4,12H,5-9H2,1-2H3,(H,16,21)(H,17,18,19). The van der Waals surface area contributed by atoms with E-state index in [4.69, 9.17) is 9.15 Å². The Balaban J connectivity index is 1.71. The van der Waals surface area contributed by atoms with Crippen molar-refractivity contribution in [2.45, 2.75) is 19.9 Å². The lowest BCUT2D eigenvalue weighted by molar-refractivity contribution is 0.0117. The summed E-state index contributed by atoms with van der Waals surface area (Å²) in [6, 6.07) is 3.87. The van der Waals surface area contributed by atoms with E-state index < -0.39 is 0 Å². The highest BCUT2D eigenvalue weighted by Gasteiger charge is 2.26. The molecule has 8 heteroatoms. The van der Waals surface area contributed by atoms with Crippen LogP contribution in [-0.4, -0.2) is 59.1 Å². The van der Waals surface area contributed by atoms with Crippen molar-refractivity contribution >= 4 is 5.91 Å². The summed E-state index contributed by atoms with van der Waals surface area (Å²) in [5.41, 5.74) is 0.903. The Bertz CT molecular complexity index is 660. The molecule has 1 aliphatic rings. The van der Waals surface area contributed by atoms with Crippen LogP contribution in [0.2, 0.25) is 0 Å². The predicted molar refractivity (Wildman–Crippen MR) is 82.0 cm³/mol. The van der Waals surface area contributed by atoms with Crippen molar-refractivity contribution in [3.8, 4) is 0 Å². The summed E-state index contributed by atoms with van der Waals surface area (Å²) in [6.07, 6.45) is 0. The highest BCUT2D eigenvalue weighted by atomic mass is 16.5. The van der Waals surface area contributed by atoms with Crippen LogP contribution in [0.1, 0.15) is 33.7 Å². The lowest BCUT2D eigenvalue weighted by atomic mass is 10.1. The van der Waals surface area contributed by atoms with E-state index in [1.807, 2.05) is 19.1 Å². The minimum atomic E-state index is -0.238. The molecule has 8 nitrogen and oxygen atoms in total. The molecule has 0 bridgehead atoms. The number of nitrogens with zero attached hydrogens (tertiary/aromatic N) is 3. The highest BCUT2D eigenvalue weighted by molar-refractivity contribution is 5.93. The van der Waals surface area contributed by atoms with E-state index in [1.54, 1.807) is 6.92 Å². The fourth-order valence-corrected chi connectivity index (χ4v) is 2.70. The quantitative estimate of drug-likeness (QED) is 0.847. The topological polar surface area (TPSA) is 96.3 Å². The van der Waals surface area contributed by atoms with Gasteiger partial charge in [0.25, 0.3) is 5.91 Å². The summed E-state index contributed by atoms with van der Waals surface area (Å²) in [6.45, 7) is 7.09. The SMILES string of the molecule is Cc1ccc(C(CNC(=O)c2n[nH]nc2C)N2CCOCC2)o1. The minimum Gasteiger partial charge on any atom is -0.465 e. The Morgan fingerprint density at radius 2 is 2.13 bits per heavy atom. The number of aryl methyl sites for hydroxylation is 2. The number of rotatable bonds is 5. The van der Waals surface area contributed by atoms with E-state index in [1.165, 1.54) is 0 Å². The second-order valence-corrected chi connectivity index (χ2v) is 5.58. The highest BCUT2D eigenvalue weighted by Crippen LogP contribution is 2.23. The first-order valence-electron chi connectivity index (χ1n) is 7.69. The number of ether oxygens (including phenoxy) is 1.